The summed E-state index contributed by atoms with van der Waals surface area (Å²) in [6, 6.07) is 9.45. The van der Waals surface area contributed by atoms with Gasteiger partial charge < -0.3 is 0 Å². The molecule has 25 heavy (non-hydrogen) atoms. The van der Waals surface area contributed by atoms with Crippen LogP contribution in [0.25, 0.3) is 0 Å². The minimum atomic E-state index is -4.68. The predicted octanol–water partition coefficient (Wildman–Crippen LogP) is 3.82. The summed E-state index contributed by atoms with van der Waals surface area (Å²) in [6.45, 7) is 1.05. The molecule has 4 nitrogen and oxygen atoms in total. The average molecular weight is 436 g/mol. The van der Waals surface area contributed by atoms with Crippen LogP contribution in [0, 0.1) is 6.92 Å². The Bertz CT molecular complexity index is 894. The van der Waals surface area contributed by atoms with Gasteiger partial charge in [0.1, 0.15) is 0 Å². The van der Waals surface area contributed by atoms with E-state index in [-0.39, 0.29) is 6.42 Å². The van der Waals surface area contributed by atoms with E-state index in [1.807, 2.05) is 4.72 Å². The molecule has 0 atom stereocenters. The quantitative estimate of drug-likeness (QED) is 0.793. The highest BCUT2D eigenvalue weighted by Crippen LogP contribution is 2.34. The summed E-state index contributed by atoms with van der Waals surface area (Å²) in [5, 5.41) is 0. The van der Waals surface area contributed by atoms with Crippen LogP contribution in [-0.2, 0) is 27.4 Å². The Balaban J connectivity index is 2.24. The molecule has 0 fully saturated rings. The van der Waals surface area contributed by atoms with Crippen LogP contribution in [0.15, 0.2) is 51.8 Å². The molecule has 0 heterocycles. The standard InChI is InChI=1S/C16H13BrF3NO3S/c1-10-13(16(18,19)20)3-2-4-14(10)25(23,24)21-15(22)9-11-5-7-12(17)8-6-11/h2-8H,9H2,1H3,(H,21,22). The fraction of sp³-hybridized carbons (Fsp3) is 0.188. The summed E-state index contributed by atoms with van der Waals surface area (Å²) in [6.07, 6.45) is -4.90. The molecular formula is C16H13BrF3NO3S. The second-order valence-electron chi connectivity index (χ2n) is 5.26. The summed E-state index contributed by atoms with van der Waals surface area (Å²) in [4.78, 5) is 11.4. The van der Waals surface area contributed by atoms with Gasteiger partial charge in [-0.25, -0.2) is 13.1 Å². The van der Waals surface area contributed by atoms with Crippen molar-refractivity contribution in [1.29, 1.82) is 0 Å². The van der Waals surface area contributed by atoms with E-state index in [1.54, 1.807) is 24.3 Å². The molecule has 1 N–H and O–H groups in total. The zero-order chi connectivity index (χ0) is 18.8. The number of nitrogens with one attached hydrogen (secondary N) is 1. The lowest BCUT2D eigenvalue weighted by molar-refractivity contribution is -0.138. The average Bonchev–Trinajstić information content (AvgIpc) is 2.47. The Hall–Kier alpha value is -1.87. The first-order chi connectivity index (χ1) is 11.5. The molecule has 0 aliphatic rings. The Morgan fingerprint density at radius 2 is 1.72 bits per heavy atom. The molecule has 134 valence electrons. The van der Waals surface area contributed by atoms with Gasteiger partial charge in [-0.1, -0.05) is 34.1 Å². The monoisotopic (exact) mass is 435 g/mol. The molecular weight excluding hydrogens is 423 g/mol. The normalized spacial score (nSPS) is 12.0. The predicted molar refractivity (Wildman–Crippen MR) is 89.4 cm³/mol. The number of carbonyl (C=O) groups is 1. The number of hydrogen-bond donors (Lipinski definition) is 1. The third kappa shape index (κ3) is 4.82. The van der Waals surface area contributed by atoms with Gasteiger partial charge >= 0.3 is 6.18 Å². The lowest BCUT2D eigenvalue weighted by Crippen LogP contribution is -2.32. The van der Waals surface area contributed by atoms with E-state index < -0.39 is 38.1 Å². The summed E-state index contributed by atoms with van der Waals surface area (Å²) < 4.78 is 65.9. The summed E-state index contributed by atoms with van der Waals surface area (Å²) in [5.74, 6) is -0.834. The molecule has 0 radical (unpaired) electrons. The number of alkyl halides is 3. The van der Waals surface area contributed by atoms with Crippen LogP contribution in [0.4, 0.5) is 13.2 Å². The largest absolute Gasteiger partial charge is 0.416 e. The van der Waals surface area contributed by atoms with Gasteiger partial charge in [-0.3, -0.25) is 4.79 Å². The maximum Gasteiger partial charge on any atom is 0.416 e. The minimum absolute atomic E-state index is 0.218. The van der Waals surface area contributed by atoms with Gasteiger partial charge in [0.15, 0.2) is 0 Å². The van der Waals surface area contributed by atoms with Crippen LogP contribution in [0.2, 0.25) is 0 Å². The van der Waals surface area contributed by atoms with Gasteiger partial charge in [-0.2, -0.15) is 13.2 Å². The van der Waals surface area contributed by atoms with E-state index in [1.165, 1.54) is 0 Å². The molecule has 0 unspecified atom stereocenters. The van der Waals surface area contributed by atoms with Crippen LogP contribution < -0.4 is 4.72 Å². The summed E-state index contributed by atoms with van der Waals surface area (Å²) in [7, 11) is -4.41. The molecule has 2 aromatic rings. The molecule has 9 heteroatoms. The van der Waals surface area contributed by atoms with Crippen LogP contribution in [0.1, 0.15) is 16.7 Å². The molecule has 0 aliphatic carbocycles. The summed E-state index contributed by atoms with van der Waals surface area (Å²) in [5.41, 5.74) is -0.952. The van der Waals surface area contributed by atoms with Crippen molar-refractivity contribution in [2.45, 2.75) is 24.4 Å². The van der Waals surface area contributed by atoms with Crippen molar-refractivity contribution < 1.29 is 26.4 Å². The molecule has 1 amide bonds. The highest BCUT2D eigenvalue weighted by atomic mass is 79.9. The number of halogens is 4. The van der Waals surface area contributed by atoms with Gasteiger partial charge in [0.25, 0.3) is 10.0 Å². The van der Waals surface area contributed by atoms with Crippen molar-refractivity contribution >= 4 is 31.9 Å². The highest BCUT2D eigenvalue weighted by molar-refractivity contribution is 9.10. The summed E-state index contributed by atoms with van der Waals surface area (Å²) >= 11 is 3.23. The van der Waals surface area contributed by atoms with E-state index in [0.29, 0.717) is 5.56 Å². The Morgan fingerprint density at radius 3 is 2.28 bits per heavy atom. The maximum atomic E-state index is 12.9. The second kappa shape index (κ2) is 7.17. The van der Waals surface area contributed by atoms with Crippen molar-refractivity contribution in [2.75, 3.05) is 0 Å². The van der Waals surface area contributed by atoms with Crippen molar-refractivity contribution in [3.63, 3.8) is 0 Å². The van der Waals surface area contributed by atoms with Crippen LogP contribution >= 0.6 is 15.9 Å². The highest BCUT2D eigenvalue weighted by Gasteiger charge is 2.34. The van der Waals surface area contributed by atoms with Gasteiger partial charge in [0.05, 0.1) is 16.9 Å². The zero-order valence-electron chi connectivity index (χ0n) is 12.9. The van der Waals surface area contributed by atoms with Gasteiger partial charge in [-0.15, -0.1) is 0 Å². The number of amides is 1. The Labute approximate surface area is 151 Å². The SMILES string of the molecule is Cc1c(C(F)(F)F)cccc1S(=O)(=O)NC(=O)Cc1ccc(Br)cc1. The van der Waals surface area contributed by atoms with E-state index in [0.717, 1.165) is 29.6 Å². The van der Waals surface area contributed by atoms with Crippen LogP contribution in [-0.4, -0.2) is 14.3 Å². The number of benzene rings is 2. The Kier molecular flexibility index (Phi) is 5.58. The molecule has 0 saturated heterocycles. The maximum absolute atomic E-state index is 12.9. The Morgan fingerprint density at radius 1 is 1.12 bits per heavy atom. The third-order valence-corrected chi connectivity index (χ3v) is 5.45. The molecule has 0 bridgehead atoms. The topological polar surface area (TPSA) is 63.2 Å². The van der Waals surface area contributed by atoms with Crippen LogP contribution in [0.5, 0.6) is 0 Å². The molecule has 2 rings (SSSR count). The first kappa shape index (κ1) is 19.5. The molecule has 0 aliphatic heterocycles. The van der Waals surface area contributed by atoms with Gasteiger partial charge in [0, 0.05) is 4.47 Å². The number of rotatable bonds is 4. The molecule has 0 spiro atoms. The first-order valence-corrected chi connectivity index (χ1v) is 9.25. The molecule has 0 aromatic heterocycles. The van der Waals surface area contributed by atoms with Crippen molar-refractivity contribution in [3.05, 3.63) is 63.6 Å². The molecule has 0 saturated carbocycles. The van der Waals surface area contributed by atoms with Gasteiger partial charge in [0.2, 0.25) is 5.91 Å². The zero-order valence-corrected chi connectivity index (χ0v) is 15.3. The van der Waals surface area contributed by atoms with E-state index in [2.05, 4.69) is 15.9 Å². The van der Waals surface area contributed by atoms with E-state index in [9.17, 15) is 26.4 Å². The van der Waals surface area contributed by atoms with Crippen LogP contribution in [0.3, 0.4) is 0 Å². The number of carbonyl (C=O) groups excluding carboxylic acids is 1. The smallest absolute Gasteiger partial charge is 0.274 e. The van der Waals surface area contributed by atoms with E-state index in [4.69, 9.17) is 0 Å². The van der Waals surface area contributed by atoms with Gasteiger partial charge in [-0.05, 0) is 42.3 Å². The fourth-order valence-electron chi connectivity index (χ4n) is 2.24. The van der Waals surface area contributed by atoms with Crippen molar-refractivity contribution in [3.8, 4) is 0 Å². The second-order valence-corrected chi connectivity index (χ2v) is 7.82. The van der Waals surface area contributed by atoms with E-state index >= 15 is 0 Å². The molecule has 2 aromatic carbocycles. The number of sulfonamides is 1. The van der Waals surface area contributed by atoms with Crippen molar-refractivity contribution in [1.82, 2.24) is 4.72 Å². The van der Waals surface area contributed by atoms with Crippen molar-refractivity contribution in [2.24, 2.45) is 0 Å². The lowest BCUT2D eigenvalue weighted by Gasteiger charge is -2.14. The number of hydrogen-bond acceptors (Lipinski definition) is 3. The minimum Gasteiger partial charge on any atom is -0.274 e. The third-order valence-electron chi connectivity index (χ3n) is 3.41. The first-order valence-electron chi connectivity index (χ1n) is 6.97. The fourth-order valence-corrected chi connectivity index (χ4v) is 3.76. The lowest BCUT2D eigenvalue weighted by atomic mass is 10.1.